The molecule has 6 nitrogen and oxygen atoms in total. The van der Waals surface area contributed by atoms with Gasteiger partial charge in [-0.1, -0.05) is 6.07 Å². The lowest BCUT2D eigenvalue weighted by molar-refractivity contribution is -0.127. The fraction of sp³-hybridized carbons (Fsp3) is 0.333. The molecule has 1 fully saturated rings. The van der Waals surface area contributed by atoms with Crippen LogP contribution in [0.4, 0.5) is 5.95 Å². The van der Waals surface area contributed by atoms with E-state index < -0.39 is 0 Å². The predicted molar refractivity (Wildman–Crippen MR) is 79.6 cm³/mol. The van der Waals surface area contributed by atoms with E-state index in [9.17, 15) is 4.79 Å². The van der Waals surface area contributed by atoms with Gasteiger partial charge >= 0.3 is 0 Å². The van der Waals surface area contributed by atoms with Gasteiger partial charge in [0.25, 0.3) is 0 Å². The number of hydrogen-bond donors (Lipinski definition) is 1. The lowest BCUT2D eigenvalue weighted by Crippen LogP contribution is -2.30. The highest BCUT2D eigenvalue weighted by atomic mass is 16.2. The molecule has 21 heavy (non-hydrogen) atoms. The molecule has 1 aliphatic heterocycles. The van der Waals surface area contributed by atoms with Crippen molar-refractivity contribution in [2.45, 2.75) is 12.8 Å². The van der Waals surface area contributed by atoms with Gasteiger partial charge in [-0.15, -0.1) is 0 Å². The molecule has 2 aromatic rings. The van der Waals surface area contributed by atoms with Gasteiger partial charge < -0.3 is 10.2 Å². The number of nitrogens with one attached hydrogen (secondary N) is 1. The lowest BCUT2D eigenvalue weighted by Gasteiger charge is -2.15. The molecule has 3 heterocycles. The summed E-state index contributed by atoms with van der Waals surface area (Å²) in [5.74, 6) is 0.796. The molecule has 0 unspecified atom stereocenters. The number of carbonyl (C=O) groups excluding carboxylic acids is 1. The topological polar surface area (TPSA) is 71.0 Å². The highest BCUT2D eigenvalue weighted by Crippen LogP contribution is 2.14. The molecule has 0 atom stereocenters. The van der Waals surface area contributed by atoms with Gasteiger partial charge in [-0.2, -0.15) is 0 Å². The summed E-state index contributed by atoms with van der Waals surface area (Å²) < 4.78 is 0. The summed E-state index contributed by atoms with van der Waals surface area (Å²) in [7, 11) is 0. The van der Waals surface area contributed by atoms with Crippen LogP contribution in [0.3, 0.4) is 0 Å². The maximum atomic E-state index is 11.5. The second kappa shape index (κ2) is 6.30. The molecule has 0 bridgehead atoms. The SMILES string of the molecule is O=C1CCCN1CCNc1nccc(-c2ccccn2)n1. The molecule has 0 aromatic carbocycles. The molecule has 0 saturated carbocycles. The summed E-state index contributed by atoms with van der Waals surface area (Å²) in [4.78, 5) is 26.3. The van der Waals surface area contributed by atoms with E-state index in [1.54, 1.807) is 12.4 Å². The van der Waals surface area contributed by atoms with Crippen molar-refractivity contribution < 1.29 is 4.79 Å². The van der Waals surface area contributed by atoms with Crippen molar-refractivity contribution in [1.82, 2.24) is 19.9 Å². The van der Waals surface area contributed by atoms with Gasteiger partial charge in [-0.3, -0.25) is 9.78 Å². The van der Waals surface area contributed by atoms with E-state index in [0.717, 1.165) is 24.4 Å². The van der Waals surface area contributed by atoms with Gasteiger partial charge in [0.1, 0.15) is 0 Å². The first-order chi connectivity index (χ1) is 10.3. The number of pyridine rings is 1. The van der Waals surface area contributed by atoms with Crippen LogP contribution in [-0.2, 0) is 4.79 Å². The number of carbonyl (C=O) groups is 1. The van der Waals surface area contributed by atoms with E-state index in [2.05, 4.69) is 20.3 Å². The Labute approximate surface area is 123 Å². The molecule has 0 radical (unpaired) electrons. The van der Waals surface area contributed by atoms with Crippen LogP contribution in [0.1, 0.15) is 12.8 Å². The van der Waals surface area contributed by atoms with Gasteiger partial charge in [0, 0.05) is 38.4 Å². The summed E-state index contributed by atoms with van der Waals surface area (Å²) in [6.45, 7) is 2.20. The Morgan fingerprint density at radius 2 is 2.10 bits per heavy atom. The minimum Gasteiger partial charge on any atom is -0.352 e. The third-order valence-electron chi connectivity index (χ3n) is 3.42. The molecule has 0 spiro atoms. The number of rotatable bonds is 5. The van der Waals surface area contributed by atoms with Crippen LogP contribution in [0.2, 0.25) is 0 Å². The first-order valence-electron chi connectivity index (χ1n) is 7.09. The van der Waals surface area contributed by atoms with Crippen molar-refractivity contribution in [3.05, 3.63) is 36.7 Å². The van der Waals surface area contributed by atoms with Crippen molar-refractivity contribution >= 4 is 11.9 Å². The number of likely N-dealkylation sites (tertiary alicyclic amines) is 1. The Hall–Kier alpha value is -2.50. The van der Waals surface area contributed by atoms with E-state index in [-0.39, 0.29) is 5.91 Å². The average Bonchev–Trinajstić information content (AvgIpc) is 2.94. The van der Waals surface area contributed by atoms with Crippen molar-refractivity contribution in [1.29, 1.82) is 0 Å². The number of hydrogen-bond acceptors (Lipinski definition) is 5. The largest absolute Gasteiger partial charge is 0.352 e. The summed E-state index contributed by atoms with van der Waals surface area (Å²) in [5, 5.41) is 3.16. The van der Waals surface area contributed by atoms with E-state index in [1.807, 2.05) is 29.2 Å². The molecule has 1 aliphatic rings. The van der Waals surface area contributed by atoms with Crippen LogP contribution >= 0.6 is 0 Å². The first kappa shape index (κ1) is 13.5. The summed E-state index contributed by atoms with van der Waals surface area (Å²) >= 11 is 0. The van der Waals surface area contributed by atoms with E-state index >= 15 is 0 Å². The highest BCUT2D eigenvalue weighted by molar-refractivity contribution is 5.78. The second-order valence-electron chi connectivity index (χ2n) is 4.89. The van der Waals surface area contributed by atoms with Crippen LogP contribution in [0.15, 0.2) is 36.7 Å². The Balaban J connectivity index is 1.60. The molecule has 108 valence electrons. The third-order valence-corrected chi connectivity index (χ3v) is 3.42. The molecule has 2 aromatic heterocycles. The fourth-order valence-corrected chi connectivity index (χ4v) is 2.34. The van der Waals surface area contributed by atoms with Crippen LogP contribution < -0.4 is 5.32 Å². The van der Waals surface area contributed by atoms with Crippen LogP contribution in [-0.4, -0.2) is 45.4 Å². The molecule has 1 N–H and O–H groups in total. The van der Waals surface area contributed by atoms with Crippen LogP contribution in [0, 0.1) is 0 Å². The molecule has 6 heteroatoms. The predicted octanol–water partition coefficient (Wildman–Crippen LogP) is 1.57. The second-order valence-corrected chi connectivity index (χ2v) is 4.89. The van der Waals surface area contributed by atoms with Crippen LogP contribution in [0.25, 0.3) is 11.4 Å². The number of aromatic nitrogens is 3. The first-order valence-corrected chi connectivity index (χ1v) is 7.09. The fourth-order valence-electron chi connectivity index (χ4n) is 2.34. The van der Waals surface area contributed by atoms with Gasteiger partial charge in [-0.25, -0.2) is 9.97 Å². The smallest absolute Gasteiger partial charge is 0.223 e. The quantitative estimate of drug-likeness (QED) is 0.902. The zero-order valence-corrected chi connectivity index (χ0v) is 11.7. The lowest BCUT2D eigenvalue weighted by atomic mass is 10.3. The van der Waals surface area contributed by atoms with Gasteiger partial charge in [-0.05, 0) is 24.6 Å². The van der Waals surface area contributed by atoms with Crippen LogP contribution in [0.5, 0.6) is 0 Å². The molecular weight excluding hydrogens is 266 g/mol. The average molecular weight is 283 g/mol. The maximum Gasteiger partial charge on any atom is 0.223 e. The number of amides is 1. The van der Waals surface area contributed by atoms with Gasteiger partial charge in [0.15, 0.2) is 0 Å². The Morgan fingerprint density at radius 1 is 1.14 bits per heavy atom. The van der Waals surface area contributed by atoms with Crippen molar-refractivity contribution in [3.63, 3.8) is 0 Å². The van der Waals surface area contributed by atoms with Gasteiger partial charge in [0.2, 0.25) is 11.9 Å². The number of anilines is 1. The normalized spacial score (nSPS) is 14.5. The van der Waals surface area contributed by atoms with E-state index in [4.69, 9.17) is 0 Å². The minimum absolute atomic E-state index is 0.236. The highest BCUT2D eigenvalue weighted by Gasteiger charge is 2.19. The summed E-state index contributed by atoms with van der Waals surface area (Å²) in [6.07, 6.45) is 5.08. The van der Waals surface area contributed by atoms with Crippen molar-refractivity contribution in [2.75, 3.05) is 25.0 Å². The zero-order chi connectivity index (χ0) is 14.5. The zero-order valence-electron chi connectivity index (χ0n) is 11.7. The monoisotopic (exact) mass is 283 g/mol. The molecule has 1 saturated heterocycles. The maximum absolute atomic E-state index is 11.5. The third kappa shape index (κ3) is 3.34. The summed E-state index contributed by atoms with van der Waals surface area (Å²) in [6, 6.07) is 7.54. The standard InChI is InChI=1S/C15H17N5O/c21-14-5-3-10-20(14)11-9-18-15-17-8-6-13(19-15)12-4-1-2-7-16-12/h1-2,4,6-8H,3,5,9-11H2,(H,17,18,19). The van der Waals surface area contributed by atoms with Gasteiger partial charge in [0.05, 0.1) is 11.4 Å². The molecule has 1 amide bonds. The van der Waals surface area contributed by atoms with E-state index in [0.29, 0.717) is 25.5 Å². The number of nitrogens with zero attached hydrogens (tertiary/aromatic N) is 4. The molecule has 0 aliphatic carbocycles. The van der Waals surface area contributed by atoms with Crippen molar-refractivity contribution in [2.24, 2.45) is 0 Å². The summed E-state index contributed by atoms with van der Waals surface area (Å²) in [5.41, 5.74) is 1.60. The molecular formula is C15H17N5O. The Kier molecular flexibility index (Phi) is 4.04. The van der Waals surface area contributed by atoms with E-state index in [1.165, 1.54) is 0 Å². The Bertz CT molecular complexity index is 616. The van der Waals surface area contributed by atoms with Crippen molar-refractivity contribution in [3.8, 4) is 11.4 Å². The molecule has 3 rings (SSSR count). The minimum atomic E-state index is 0.236. The Morgan fingerprint density at radius 3 is 2.86 bits per heavy atom.